The summed E-state index contributed by atoms with van der Waals surface area (Å²) in [6.45, 7) is 12.8. The molecule has 12 heavy (non-hydrogen) atoms. The first-order valence-corrected chi connectivity index (χ1v) is 4.98. The van der Waals surface area contributed by atoms with E-state index in [0.717, 1.165) is 0 Å². The van der Waals surface area contributed by atoms with Gasteiger partial charge in [0.05, 0.1) is 0 Å². The highest BCUT2D eigenvalue weighted by Crippen LogP contribution is 2.15. The Balaban J connectivity index is 2.52. The van der Waals surface area contributed by atoms with Gasteiger partial charge in [-0.05, 0) is 47.2 Å². The molecule has 72 valence electrons. The molecule has 1 rings (SSSR count). The Morgan fingerprint density at radius 2 is 2.00 bits per heavy atom. The summed E-state index contributed by atoms with van der Waals surface area (Å²) in [5, 5.41) is 3.50. The second-order valence-electron chi connectivity index (χ2n) is 4.83. The maximum absolute atomic E-state index is 3.50. The number of hydrogen-bond donors (Lipinski definition) is 1. The van der Waals surface area contributed by atoms with Crippen LogP contribution in [0.2, 0.25) is 0 Å². The van der Waals surface area contributed by atoms with Gasteiger partial charge >= 0.3 is 0 Å². The summed E-state index contributed by atoms with van der Waals surface area (Å²) in [6, 6.07) is 0.645. The van der Waals surface area contributed by atoms with Crippen molar-refractivity contribution in [1.29, 1.82) is 0 Å². The maximum atomic E-state index is 3.50. The van der Waals surface area contributed by atoms with E-state index in [1.165, 1.54) is 26.1 Å². The van der Waals surface area contributed by atoms with Gasteiger partial charge in [0, 0.05) is 18.1 Å². The van der Waals surface area contributed by atoms with Crippen LogP contribution in [-0.2, 0) is 0 Å². The first-order valence-electron chi connectivity index (χ1n) is 4.98. The third-order valence-electron chi connectivity index (χ3n) is 2.54. The highest BCUT2D eigenvalue weighted by Gasteiger charge is 2.23. The summed E-state index contributed by atoms with van der Waals surface area (Å²) in [7, 11) is 0. The molecule has 1 heterocycles. The predicted molar refractivity (Wildman–Crippen MR) is 53.4 cm³/mol. The lowest BCUT2D eigenvalue weighted by Gasteiger charge is -2.35. The van der Waals surface area contributed by atoms with E-state index < -0.39 is 0 Å². The summed E-state index contributed by atoms with van der Waals surface area (Å²) < 4.78 is 0. The molecule has 0 bridgehead atoms. The predicted octanol–water partition coefficient (Wildman–Crippen LogP) is 1.47. The van der Waals surface area contributed by atoms with E-state index >= 15 is 0 Å². The average Bonchev–Trinajstić information content (AvgIpc) is 2.11. The van der Waals surface area contributed by atoms with Crippen molar-refractivity contribution in [3.05, 3.63) is 0 Å². The highest BCUT2D eigenvalue weighted by atomic mass is 15.2. The number of hydrogen-bond acceptors (Lipinski definition) is 2. The van der Waals surface area contributed by atoms with Crippen molar-refractivity contribution in [3.63, 3.8) is 0 Å². The Kier molecular flexibility index (Phi) is 3.13. The largest absolute Gasteiger partial charge is 0.313 e. The summed E-state index contributed by atoms with van der Waals surface area (Å²) in [5.74, 6) is 0. The zero-order valence-corrected chi connectivity index (χ0v) is 8.85. The lowest BCUT2D eigenvalue weighted by Crippen LogP contribution is -2.45. The van der Waals surface area contributed by atoms with Gasteiger partial charge in [-0.15, -0.1) is 0 Å². The molecule has 2 heteroatoms. The van der Waals surface area contributed by atoms with E-state index in [9.17, 15) is 0 Å². The molecule has 0 radical (unpaired) electrons. The minimum atomic E-state index is 0.334. The molecule has 0 aromatic rings. The van der Waals surface area contributed by atoms with Gasteiger partial charge in [-0.3, -0.25) is 4.90 Å². The molecule has 0 aliphatic carbocycles. The van der Waals surface area contributed by atoms with E-state index in [2.05, 4.69) is 37.9 Å². The fourth-order valence-corrected chi connectivity index (χ4v) is 1.71. The normalized spacial score (nSPS) is 28.5. The monoisotopic (exact) mass is 170 g/mol. The third kappa shape index (κ3) is 2.76. The topological polar surface area (TPSA) is 15.3 Å². The molecule has 1 aliphatic rings. The van der Waals surface area contributed by atoms with E-state index in [-0.39, 0.29) is 0 Å². The average molecular weight is 170 g/mol. The molecule has 1 saturated heterocycles. The summed E-state index contributed by atoms with van der Waals surface area (Å²) in [4.78, 5) is 2.57. The molecular weight excluding hydrogens is 148 g/mol. The van der Waals surface area contributed by atoms with Gasteiger partial charge in [-0.25, -0.2) is 0 Å². The van der Waals surface area contributed by atoms with E-state index in [1.807, 2.05) is 0 Å². The fraction of sp³-hybridized carbons (Fsp3) is 1.00. The van der Waals surface area contributed by atoms with Crippen LogP contribution in [0.15, 0.2) is 0 Å². The first-order chi connectivity index (χ1) is 5.50. The van der Waals surface area contributed by atoms with Crippen LogP contribution in [0.3, 0.4) is 0 Å². The second kappa shape index (κ2) is 3.75. The van der Waals surface area contributed by atoms with Crippen molar-refractivity contribution in [3.8, 4) is 0 Å². The molecule has 0 aromatic carbocycles. The molecule has 2 nitrogen and oxygen atoms in total. The zero-order valence-electron chi connectivity index (χ0n) is 8.85. The fourth-order valence-electron chi connectivity index (χ4n) is 1.71. The number of nitrogens with one attached hydrogen (secondary N) is 1. The van der Waals surface area contributed by atoms with Crippen molar-refractivity contribution in [2.24, 2.45) is 0 Å². The molecule has 1 N–H and O–H groups in total. The van der Waals surface area contributed by atoms with Crippen molar-refractivity contribution in [2.45, 2.75) is 45.7 Å². The molecular formula is C10H22N2. The lowest BCUT2D eigenvalue weighted by atomic mass is 10.1. The SMILES string of the molecule is CC1CN(C(C)(C)C)CCCN1. The van der Waals surface area contributed by atoms with Gasteiger partial charge in [-0.2, -0.15) is 0 Å². The van der Waals surface area contributed by atoms with Crippen LogP contribution in [-0.4, -0.2) is 36.1 Å². The van der Waals surface area contributed by atoms with Crippen LogP contribution in [0.1, 0.15) is 34.1 Å². The molecule has 0 spiro atoms. The minimum Gasteiger partial charge on any atom is -0.313 e. The maximum Gasteiger partial charge on any atom is 0.0166 e. The smallest absolute Gasteiger partial charge is 0.0166 e. The molecule has 1 fully saturated rings. The van der Waals surface area contributed by atoms with E-state index in [0.29, 0.717) is 11.6 Å². The van der Waals surface area contributed by atoms with Gasteiger partial charge < -0.3 is 5.32 Å². The highest BCUT2D eigenvalue weighted by molar-refractivity contribution is 4.82. The quantitative estimate of drug-likeness (QED) is 0.592. The van der Waals surface area contributed by atoms with E-state index in [1.54, 1.807) is 0 Å². The standard InChI is InChI=1S/C10H22N2/c1-9-8-12(10(2,3)4)7-5-6-11-9/h9,11H,5-8H2,1-4H3. The van der Waals surface area contributed by atoms with Crippen LogP contribution < -0.4 is 5.32 Å². The summed E-state index contributed by atoms with van der Waals surface area (Å²) >= 11 is 0. The minimum absolute atomic E-state index is 0.334. The van der Waals surface area contributed by atoms with Gasteiger partial charge in [0.15, 0.2) is 0 Å². The van der Waals surface area contributed by atoms with Gasteiger partial charge in [-0.1, -0.05) is 0 Å². The van der Waals surface area contributed by atoms with Crippen molar-refractivity contribution < 1.29 is 0 Å². The first kappa shape index (κ1) is 10.0. The van der Waals surface area contributed by atoms with Gasteiger partial charge in [0.25, 0.3) is 0 Å². The third-order valence-corrected chi connectivity index (χ3v) is 2.54. The van der Waals surface area contributed by atoms with Crippen LogP contribution >= 0.6 is 0 Å². The van der Waals surface area contributed by atoms with Crippen LogP contribution in [0.25, 0.3) is 0 Å². The van der Waals surface area contributed by atoms with Crippen molar-refractivity contribution in [2.75, 3.05) is 19.6 Å². The Morgan fingerprint density at radius 3 is 2.58 bits per heavy atom. The molecule has 0 amide bonds. The number of rotatable bonds is 0. The van der Waals surface area contributed by atoms with Gasteiger partial charge in [0.2, 0.25) is 0 Å². The van der Waals surface area contributed by atoms with Gasteiger partial charge in [0.1, 0.15) is 0 Å². The zero-order chi connectivity index (χ0) is 9.19. The molecule has 0 saturated carbocycles. The molecule has 1 atom stereocenters. The van der Waals surface area contributed by atoms with Crippen LogP contribution in [0, 0.1) is 0 Å². The number of nitrogens with zero attached hydrogens (tertiary/aromatic N) is 1. The van der Waals surface area contributed by atoms with Crippen molar-refractivity contribution in [1.82, 2.24) is 10.2 Å². The molecule has 1 aliphatic heterocycles. The Morgan fingerprint density at radius 1 is 1.33 bits per heavy atom. The lowest BCUT2D eigenvalue weighted by molar-refractivity contribution is 0.136. The molecule has 1 unspecified atom stereocenters. The van der Waals surface area contributed by atoms with Crippen LogP contribution in [0.5, 0.6) is 0 Å². The Bertz CT molecular complexity index is 137. The van der Waals surface area contributed by atoms with Crippen molar-refractivity contribution >= 4 is 0 Å². The summed E-state index contributed by atoms with van der Waals surface area (Å²) in [6.07, 6.45) is 1.28. The molecule has 0 aromatic heterocycles. The summed E-state index contributed by atoms with van der Waals surface area (Å²) in [5.41, 5.74) is 0.334. The second-order valence-corrected chi connectivity index (χ2v) is 4.83. The van der Waals surface area contributed by atoms with E-state index in [4.69, 9.17) is 0 Å². The Hall–Kier alpha value is -0.0800. The van der Waals surface area contributed by atoms with Crippen LogP contribution in [0.4, 0.5) is 0 Å². The Labute approximate surface area is 76.3 Å².